The third-order valence-corrected chi connectivity index (χ3v) is 2.95. The van der Waals surface area contributed by atoms with Crippen LogP contribution >= 0.6 is 11.5 Å². The molecule has 0 amide bonds. The molecule has 1 aromatic carbocycles. The van der Waals surface area contributed by atoms with Crippen molar-refractivity contribution in [2.75, 3.05) is 0 Å². The Labute approximate surface area is 91.9 Å². The van der Waals surface area contributed by atoms with E-state index in [0.717, 1.165) is 22.7 Å². The van der Waals surface area contributed by atoms with Crippen molar-refractivity contribution in [3.8, 4) is 0 Å². The van der Waals surface area contributed by atoms with E-state index < -0.39 is 0 Å². The summed E-state index contributed by atoms with van der Waals surface area (Å²) in [6.45, 7) is 2.01. The van der Waals surface area contributed by atoms with Crippen LogP contribution in [0.2, 0.25) is 0 Å². The van der Waals surface area contributed by atoms with E-state index in [2.05, 4.69) is 9.59 Å². The maximum atomic E-state index is 11.8. The van der Waals surface area contributed by atoms with Crippen molar-refractivity contribution in [3.05, 3.63) is 46.5 Å². The van der Waals surface area contributed by atoms with Crippen molar-refractivity contribution in [1.82, 2.24) is 9.59 Å². The molecule has 2 aromatic rings. The summed E-state index contributed by atoms with van der Waals surface area (Å²) in [7, 11) is 0. The molecule has 76 valence electrons. The summed E-state index contributed by atoms with van der Waals surface area (Å²) in [5, 5.41) is 3.65. The molecule has 0 radical (unpaired) electrons. The molecule has 0 N–H and O–H groups in total. The highest BCUT2D eigenvalue weighted by Crippen LogP contribution is 2.12. The molecule has 0 aliphatic heterocycles. The van der Waals surface area contributed by atoms with Crippen LogP contribution in [0.25, 0.3) is 0 Å². The van der Waals surface area contributed by atoms with Crippen molar-refractivity contribution >= 4 is 17.3 Å². The second-order valence-corrected chi connectivity index (χ2v) is 4.09. The van der Waals surface area contributed by atoms with Gasteiger partial charge in [-0.2, -0.15) is 0 Å². The van der Waals surface area contributed by atoms with E-state index in [1.165, 1.54) is 6.20 Å². The summed E-state index contributed by atoms with van der Waals surface area (Å²) in [5.41, 5.74) is 2.21. The molecule has 0 saturated carbocycles. The summed E-state index contributed by atoms with van der Waals surface area (Å²) in [5.74, 6) is 0.0827. The number of rotatable bonds is 3. The number of benzene rings is 1. The molecule has 0 unspecified atom stereocenters. The predicted molar refractivity (Wildman–Crippen MR) is 59.1 cm³/mol. The van der Waals surface area contributed by atoms with Gasteiger partial charge in [0.1, 0.15) is 4.88 Å². The number of ketones is 1. The first-order valence-corrected chi connectivity index (χ1v) is 5.40. The lowest BCUT2D eigenvalue weighted by Gasteiger charge is -2.02. The quantitative estimate of drug-likeness (QED) is 0.742. The summed E-state index contributed by atoms with van der Waals surface area (Å²) in [6, 6.07) is 7.90. The Morgan fingerprint density at radius 2 is 2.20 bits per heavy atom. The van der Waals surface area contributed by atoms with E-state index in [1.807, 2.05) is 31.2 Å². The van der Waals surface area contributed by atoms with Crippen molar-refractivity contribution in [1.29, 1.82) is 0 Å². The Hall–Kier alpha value is -1.55. The summed E-state index contributed by atoms with van der Waals surface area (Å²) < 4.78 is 3.68. The number of hydrogen-bond acceptors (Lipinski definition) is 4. The van der Waals surface area contributed by atoms with E-state index in [4.69, 9.17) is 0 Å². The van der Waals surface area contributed by atoms with Gasteiger partial charge in [-0.25, -0.2) is 0 Å². The molecule has 15 heavy (non-hydrogen) atoms. The molecule has 1 heterocycles. The van der Waals surface area contributed by atoms with Crippen LogP contribution in [-0.4, -0.2) is 15.4 Å². The minimum absolute atomic E-state index is 0.0827. The second kappa shape index (κ2) is 4.31. The lowest BCUT2D eigenvalue weighted by Crippen LogP contribution is -2.02. The smallest absolute Gasteiger partial charge is 0.180 e. The number of hydrogen-bond donors (Lipinski definition) is 0. The fraction of sp³-hybridized carbons (Fsp3) is 0.182. The van der Waals surface area contributed by atoms with Gasteiger partial charge in [-0.1, -0.05) is 28.8 Å². The van der Waals surface area contributed by atoms with Gasteiger partial charge in [0.05, 0.1) is 6.20 Å². The standard InChI is InChI=1S/C11H10N2OS/c1-8-4-2-3-5-9(8)6-10(14)11-7-12-13-15-11/h2-5,7H,6H2,1H3. The predicted octanol–water partition coefficient (Wildman–Crippen LogP) is 2.27. The first kappa shape index (κ1) is 9.98. The first-order chi connectivity index (χ1) is 7.27. The Morgan fingerprint density at radius 1 is 1.40 bits per heavy atom. The third kappa shape index (κ3) is 2.27. The van der Waals surface area contributed by atoms with Crippen LogP contribution < -0.4 is 0 Å². The molecule has 0 atom stereocenters. The Bertz CT molecular complexity index is 465. The average molecular weight is 218 g/mol. The third-order valence-electron chi connectivity index (χ3n) is 2.25. The zero-order valence-electron chi connectivity index (χ0n) is 8.30. The molecule has 0 aliphatic carbocycles. The average Bonchev–Trinajstić information content (AvgIpc) is 2.74. The number of nitrogens with zero attached hydrogens (tertiary/aromatic N) is 2. The van der Waals surface area contributed by atoms with Gasteiger partial charge >= 0.3 is 0 Å². The minimum Gasteiger partial charge on any atom is -0.293 e. The van der Waals surface area contributed by atoms with E-state index in [0.29, 0.717) is 11.3 Å². The molecule has 3 nitrogen and oxygen atoms in total. The van der Waals surface area contributed by atoms with Crippen LogP contribution in [0.15, 0.2) is 30.5 Å². The molecule has 2 rings (SSSR count). The fourth-order valence-corrected chi connectivity index (χ4v) is 1.81. The highest BCUT2D eigenvalue weighted by atomic mass is 32.1. The zero-order valence-corrected chi connectivity index (χ0v) is 9.12. The SMILES string of the molecule is Cc1ccccc1CC(=O)c1cnns1. The van der Waals surface area contributed by atoms with Gasteiger partial charge in [0, 0.05) is 6.42 Å². The summed E-state index contributed by atoms with van der Waals surface area (Å²) in [4.78, 5) is 12.4. The van der Waals surface area contributed by atoms with Gasteiger partial charge in [0.15, 0.2) is 5.78 Å². The topological polar surface area (TPSA) is 42.9 Å². The van der Waals surface area contributed by atoms with Crippen LogP contribution in [0.4, 0.5) is 0 Å². The highest BCUT2D eigenvalue weighted by Gasteiger charge is 2.10. The fourth-order valence-electron chi connectivity index (χ4n) is 1.36. The van der Waals surface area contributed by atoms with Gasteiger partial charge < -0.3 is 0 Å². The molecular formula is C11H10N2OS. The first-order valence-electron chi connectivity index (χ1n) is 4.62. The largest absolute Gasteiger partial charge is 0.293 e. The molecule has 0 fully saturated rings. The molecule has 0 bridgehead atoms. The van der Waals surface area contributed by atoms with Gasteiger partial charge in [-0.15, -0.1) is 5.10 Å². The molecule has 1 aromatic heterocycles. The van der Waals surface area contributed by atoms with Crippen molar-refractivity contribution < 1.29 is 4.79 Å². The minimum atomic E-state index is 0.0827. The molecular weight excluding hydrogens is 208 g/mol. The number of carbonyl (C=O) groups excluding carboxylic acids is 1. The number of aromatic nitrogens is 2. The monoisotopic (exact) mass is 218 g/mol. The molecule has 4 heteroatoms. The van der Waals surface area contributed by atoms with E-state index >= 15 is 0 Å². The maximum Gasteiger partial charge on any atom is 0.180 e. The zero-order chi connectivity index (χ0) is 10.7. The van der Waals surface area contributed by atoms with Crippen LogP contribution in [0.1, 0.15) is 20.8 Å². The number of aryl methyl sites for hydroxylation is 1. The van der Waals surface area contributed by atoms with Gasteiger partial charge in [0.25, 0.3) is 0 Å². The summed E-state index contributed by atoms with van der Waals surface area (Å²) in [6.07, 6.45) is 1.95. The summed E-state index contributed by atoms with van der Waals surface area (Å²) >= 11 is 1.15. The van der Waals surface area contributed by atoms with Crippen LogP contribution in [0.3, 0.4) is 0 Å². The van der Waals surface area contributed by atoms with Gasteiger partial charge in [-0.3, -0.25) is 4.79 Å². The maximum absolute atomic E-state index is 11.8. The van der Waals surface area contributed by atoms with E-state index in [9.17, 15) is 4.79 Å². The normalized spacial score (nSPS) is 10.2. The van der Waals surface area contributed by atoms with E-state index in [-0.39, 0.29) is 5.78 Å². The van der Waals surface area contributed by atoms with Crippen molar-refractivity contribution in [2.24, 2.45) is 0 Å². The highest BCUT2D eigenvalue weighted by molar-refractivity contribution is 7.07. The molecule has 0 spiro atoms. The van der Waals surface area contributed by atoms with Crippen LogP contribution in [-0.2, 0) is 6.42 Å². The second-order valence-electron chi connectivity index (χ2n) is 3.31. The number of Topliss-reactive ketones (excluding diaryl/α,β-unsaturated/α-hetero) is 1. The Kier molecular flexibility index (Phi) is 2.87. The van der Waals surface area contributed by atoms with Crippen molar-refractivity contribution in [3.63, 3.8) is 0 Å². The Morgan fingerprint density at radius 3 is 2.87 bits per heavy atom. The lowest BCUT2D eigenvalue weighted by molar-refractivity contribution is 0.0996. The molecule has 0 aliphatic rings. The lowest BCUT2D eigenvalue weighted by atomic mass is 10.0. The Balaban J connectivity index is 2.17. The van der Waals surface area contributed by atoms with Gasteiger partial charge in [-0.05, 0) is 29.6 Å². The number of carbonyl (C=O) groups is 1. The molecule has 0 saturated heterocycles. The van der Waals surface area contributed by atoms with Crippen molar-refractivity contribution in [2.45, 2.75) is 13.3 Å². The van der Waals surface area contributed by atoms with Gasteiger partial charge in [0.2, 0.25) is 0 Å². The van der Waals surface area contributed by atoms with Crippen LogP contribution in [0, 0.1) is 6.92 Å². The van der Waals surface area contributed by atoms with E-state index in [1.54, 1.807) is 0 Å². The van der Waals surface area contributed by atoms with Crippen LogP contribution in [0.5, 0.6) is 0 Å².